The maximum atomic E-state index is 12.0. The fourth-order valence-electron chi connectivity index (χ4n) is 0.754. The smallest absolute Gasteiger partial charge is 0.397 e. The Balaban J connectivity index is 3.02. The third-order valence-corrected chi connectivity index (χ3v) is 3.30. The summed E-state index contributed by atoms with van der Waals surface area (Å²) in [6, 6.07) is 2.66. The van der Waals surface area contributed by atoms with Crippen molar-refractivity contribution in [1.29, 1.82) is 0 Å². The number of nitrogens with two attached hydrogens (primary N) is 1. The van der Waals surface area contributed by atoms with Gasteiger partial charge in [-0.2, -0.15) is 13.2 Å². The third-order valence-electron chi connectivity index (χ3n) is 1.29. The van der Waals surface area contributed by atoms with Crippen molar-refractivity contribution in [3.8, 4) is 0 Å². The van der Waals surface area contributed by atoms with E-state index in [1.54, 1.807) is 0 Å². The first-order valence-corrected chi connectivity index (χ1v) is 5.70. The van der Waals surface area contributed by atoms with Crippen LogP contribution >= 0.6 is 43.6 Å². The molecule has 7 heteroatoms. The Morgan fingerprint density at radius 3 is 1.93 bits per heavy atom. The molecule has 78 valence electrons. The molecule has 0 radical (unpaired) electrons. The Bertz CT molecular complexity index is 330. The van der Waals surface area contributed by atoms with E-state index >= 15 is 0 Å². The van der Waals surface area contributed by atoms with E-state index in [0.29, 0.717) is 14.6 Å². The number of benzene rings is 1. The molecule has 0 saturated carbocycles. The molecule has 1 nitrogen and oxygen atoms in total. The van der Waals surface area contributed by atoms with E-state index in [2.05, 4.69) is 31.9 Å². The standard InChI is InChI=1S/C7H4Br2F3NS/c8-4-1-3(14-7(10,11)12)2-5(9)6(4)13/h1-2H,13H2. The lowest BCUT2D eigenvalue weighted by Gasteiger charge is -2.08. The maximum absolute atomic E-state index is 12.0. The fourth-order valence-corrected chi connectivity index (χ4v) is 2.86. The Labute approximate surface area is 99.5 Å². The van der Waals surface area contributed by atoms with Gasteiger partial charge < -0.3 is 5.73 Å². The van der Waals surface area contributed by atoms with Crippen LogP contribution in [0.1, 0.15) is 0 Å². The Kier molecular flexibility index (Phi) is 3.76. The lowest BCUT2D eigenvalue weighted by atomic mass is 10.3. The molecule has 0 aliphatic carbocycles. The van der Waals surface area contributed by atoms with Gasteiger partial charge in [0.1, 0.15) is 0 Å². The highest BCUT2D eigenvalue weighted by atomic mass is 79.9. The van der Waals surface area contributed by atoms with E-state index in [9.17, 15) is 13.2 Å². The minimum absolute atomic E-state index is 0.0884. The van der Waals surface area contributed by atoms with Gasteiger partial charge in [-0.3, -0.25) is 0 Å². The zero-order chi connectivity index (χ0) is 10.9. The molecular formula is C7H4Br2F3NS. The largest absolute Gasteiger partial charge is 0.446 e. The van der Waals surface area contributed by atoms with Gasteiger partial charge in [-0.25, -0.2) is 0 Å². The minimum Gasteiger partial charge on any atom is -0.397 e. The van der Waals surface area contributed by atoms with Crippen LogP contribution in [0.2, 0.25) is 0 Å². The number of hydrogen-bond acceptors (Lipinski definition) is 2. The fraction of sp³-hybridized carbons (Fsp3) is 0.143. The topological polar surface area (TPSA) is 26.0 Å². The quantitative estimate of drug-likeness (QED) is 0.599. The molecule has 0 unspecified atom stereocenters. The van der Waals surface area contributed by atoms with Crippen molar-refractivity contribution >= 4 is 49.3 Å². The lowest BCUT2D eigenvalue weighted by Crippen LogP contribution is -1.99. The third kappa shape index (κ3) is 3.36. The summed E-state index contributed by atoms with van der Waals surface area (Å²) in [5.74, 6) is 0. The first-order chi connectivity index (χ1) is 6.29. The van der Waals surface area contributed by atoms with Crippen LogP contribution in [-0.2, 0) is 0 Å². The number of anilines is 1. The zero-order valence-corrected chi connectivity index (χ0v) is 10.5. The van der Waals surface area contributed by atoms with Crippen molar-refractivity contribution in [3.63, 3.8) is 0 Å². The van der Waals surface area contributed by atoms with Crippen LogP contribution in [0.3, 0.4) is 0 Å². The first-order valence-electron chi connectivity index (χ1n) is 3.30. The average molecular weight is 351 g/mol. The Hall–Kier alpha value is 0.120. The molecule has 0 fully saturated rings. The monoisotopic (exact) mass is 349 g/mol. The van der Waals surface area contributed by atoms with Crippen LogP contribution in [0.25, 0.3) is 0 Å². The molecule has 0 aromatic heterocycles. The summed E-state index contributed by atoms with van der Waals surface area (Å²) < 4.78 is 36.9. The molecule has 1 aromatic rings. The van der Waals surface area contributed by atoms with Gasteiger partial charge in [0.25, 0.3) is 0 Å². The van der Waals surface area contributed by atoms with E-state index in [0.717, 1.165) is 0 Å². The SMILES string of the molecule is Nc1c(Br)cc(SC(F)(F)F)cc1Br. The second kappa shape index (κ2) is 4.32. The van der Waals surface area contributed by atoms with Crippen LogP contribution in [0.15, 0.2) is 26.0 Å². The number of halogens is 5. The molecule has 0 bridgehead atoms. The predicted molar refractivity (Wildman–Crippen MR) is 58.2 cm³/mol. The van der Waals surface area contributed by atoms with Gasteiger partial charge in [0.15, 0.2) is 0 Å². The van der Waals surface area contributed by atoms with Gasteiger partial charge in [0.05, 0.1) is 5.69 Å². The van der Waals surface area contributed by atoms with Crippen LogP contribution in [0.5, 0.6) is 0 Å². The van der Waals surface area contributed by atoms with Crippen molar-refractivity contribution in [1.82, 2.24) is 0 Å². The first kappa shape index (κ1) is 12.2. The molecule has 0 saturated heterocycles. The van der Waals surface area contributed by atoms with Crippen LogP contribution in [0, 0.1) is 0 Å². The van der Waals surface area contributed by atoms with Gasteiger partial charge in [-0.1, -0.05) is 0 Å². The summed E-state index contributed by atoms with van der Waals surface area (Å²) in [5.41, 5.74) is 1.63. The molecule has 14 heavy (non-hydrogen) atoms. The molecule has 0 spiro atoms. The molecule has 0 aliphatic rings. The summed E-state index contributed by atoms with van der Waals surface area (Å²) in [6.45, 7) is 0. The minimum atomic E-state index is -4.28. The zero-order valence-electron chi connectivity index (χ0n) is 6.53. The Morgan fingerprint density at radius 2 is 1.57 bits per heavy atom. The summed E-state index contributed by atoms with van der Waals surface area (Å²) in [6.07, 6.45) is 0. The highest BCUT2D eigenvalue weighted by Gasteiger charge is 2.29. The second-order valence-electron chi connectivity index (χ2n) is 2.35. The molecule has 1 rings (SSSR count). The van der Waals surface area contributed by atoms with Gasteiger partial charge in [0, 0.05) is 13.8 Å². The van der Waals surface area contributed by atoms with Crippen molar-refractivity contribution in [2.24, 2.45) is 0 Å². The molecule has 0 atom stereocenters. The van der Waals surface area contributed by atoms with E-state index in [1.807, 2.05) is 0 Å². The van der Waals surface area contributed by atoms with Gasteiger partial charge in [-0.05, 0) is 55.8 Å². The highest BCUT2D eigenvalue weighted by molar-refractivity contribution is 9.11. The molecule has 0 heterocycles. The van der Waals surface area contributed by atoms with E-state index in [-0.39, 0.29) is 16.7 Å². The average Bonchev–Trinajstić information content (AvgIpc) is 1.96. The highest BCUT2D eigenvalue weighted by Crippen LogP contribution is 2.41. The number of hydrogen-bond donors (Lipinski definition) is 1. The van der Waals surface area contributed by atoms with E-state index < -0.39 is 5.51 Å². The molecule has 2 N–H and O–H groups in total. The lowest BCUT2D eigenvalue weighted by molar-refractivity contribution is -0.0328. The van der Waals surface area contributed by atoms with Crippen LogP contribution in [-0.4, -0.2) is 5.51 Å². The van der Waals surface area contributed by atoms with Gasteiger partial charge in [0.2, 0.25) is 0 Å². The molecular weight excluding hydrogens is 347 g/mol. The predicted octanol–water partition coefficient (Wildman–Crippen LogP) is 4.41. The molecule has 0 amide bonds. The number of alkyl halides is 3. The maximum Gasteiger partial charge on any atom is 0.446 e. The summed E-state index contributed by atoms with van der Waals surface area (Å²) in [5, 5.41) is 0. The molecule has 0 aliphatic heterocycles. The van der Waals surface area contributed by atoms with E-state index in [4.69, 9.17) is 5.73 Å². The number of thioether (sulfide) groups is 1. The van der Waals surface area contributed by atoms with Crippen LogP contribution in [0.4, 0.5) is 18.9 Å². The van der Waals surface area contributed by atoms with Gasteiger partial charge in [-0.15, -0.1) is 0 Å². The Morgan fingerprint density at radius 1 is 1.14 bits per heavy atom. The van der Waals surface area contributed by atoms with Gasteiger partial charge >= 0.3 is 5.51 Å². The molecule has 1 aromatic carbocycles. The summed E-state index contributed by atoms with van der Waals surface area (Å²) in [4.78, 5) is 0.0884. The number of nitrogen functional groups attached to an aromatic ring is 1. The van der Waals surface area contributed by atoms with Crippen molar-refractivity contribution in [2.45, 2.75) is 10.4 Å². The van der Waals surface area contributed by atoms with Crippen molar-refractivity contribution in [3.05, 3.63) is 21.1 Å². The van der Waals surface area contributed by atoms with Crippen molar-refractivity contribution < 1.29 is 13.2 Å². The van der Waals surface area contributed by atoms with Crippen LogP contribution < -0.4 is 5.73 Å². The normalized spacial score (nSPS) is 11.8. The van der Waals surface area contributed by atoms with Crippen molar-refractivity contribution in [2.75, 3.05) is 5.73 Å². The summed E-state index contributed by atoms with van der Waals surface area (Å²) in [7, 11) is 0. The number of rotatable bonds is 1. The summed E-state index contributed by atoms with van der Waals surface area (Å²) >= 11 is 5.96. The van der Waals surface area contributed by atoms with E-state index in [1.165, 1.54) is 12.1 Å². The second-order valence-corrected chi connectivity index (χ2v) is 5.20.